The van der Waals surface area contributed by atoms with Gasteiger partial charge in [0.25, 0.3) is 0 Å². The molecule has 2 aromatic heterocycles. The van der Waals surface area contributed by atoms with Crippen molar-refractivity contribution in [3.63, 3.8) is 0 Å². The summed E-state index contributed by atoms with van der Waals surface area (Å²) in [7, 11) is 3.90. The van der Waals surface area contributed by atoms with E-state index in [-0.39, 0.29) is 6.03 Å². The fraction of sp³-hybridized carbons (Fsp3) is 0.438. The number of rotatable bonds is 4. The van der Waals surface area contributed by atoms with E-state index in [4.69, 9.17) is 0 Å². The Kier molecular flexibility index (Phi) is 5.14. The van der Waals surface area contributed by atoms with Crippen LogP contribution in [0.15, 0.2) is 29.9 Å². The Bertz CT molecular complexity index is 667. The molecule has 7 nitrogen and oxygen atoms in total. The summed E-state index contributed by atoms with van der Waals surface area (Å²) in [6.45, 7) is 3.53. The van der Waals surface area contributed by atoms with E-state index in [1.807, 2.05) is 47.6 Å². The zero-order chi connectivity index (χ0) is 16.9. The molecule has 1 fully saturated rings. The third-order valence-electron chi connectivity index (χ3n) is 3.98. The van der Waals surface area contributed by atoms with Gasteiger partial charge in [0.15, 0.2) is 5.13 Å². The van der Waals surface area contributed by atoms with Crippen molar-refractivity contribution in [1.29, 1.82) is 0 Å². The van der Waals surface area contributed by atoms with Gasteiger partial charge in [0.1, 0.15) is 5.82 Å². The lowest BCUT2D eigenvalue weighted by Crippen LogP contribution is -2.51. The first-order chi connectivity index (χ1) is 11.6. The van der Waals surface area contributed by atoms with Crippen molar-refractivity contribution < 1.29 is 4.79 Å². The van der Waals surface area contributed by atoms with Gasteiger partial charge in [0.05, 0.1) is 0 Å². The van der Waals surface area contributed by atoms with Crippen molar-refractivity contribution in [3.05, 3.63) is 35.5 Å². The first-order valence-corrected chi connectivity index (χ1v) is 8.81. The normalized spacial score (nSPS) is 14.6. The summed E-state index contributed by atoms with van der Waals surface area (Å²) in [5, 5.41) is 6.01. The van der Waals surface area contributed by atoms with Crippen LogP contribution in [0, 0.1) is 0 Å². The molecule has 0 aliphatic carbocycles. The summed E-state index contributed by atoms with van der Waals surface area (Å²) in [6, 6.07) is 3.85. The second kappa shape index (κ2) is 7.48. The maximum Gasteiger partial charge on any atom is 0.317 e. The minimum absolute atomic E-state index is 0.0256. The Morgan fingerprint density at radius 3 is 2.71 bits per heavy atom. The Morgan fingerprint density at radius 2 is 2.04 bits per heavy atom. The van der Waals surface area contributed by atoms with Crippen molar-refractivity contribution in [1.82, 2.24) is 20.2 Å². The van der Waals surface area contributed by atoms with Gasteiger partial charge in [0, 0.05) is 70.2 Å². The molecule has 0 saturated carbocycles. The number of piperazine rings is 1. The number of nitrogens with one attached hydrogen (secondary N) is 1. The van der Waals surface area contributed by atoms with Crippen molar-refractivity contribution in [2.75, 3.05) is 50.1 Å². The van der Waals surface area contributed by atoms with E-state index in [2.05, 4.69) is 20.2 Å². The molecule has 1 N–H and O–H groups in total. The number of aromatic nitrogens is 2. The lowest BCUT2D eigenvalue weighted by atomic mass is 10.2. The molecule has 128 valence electrons. The zero-order valence-electron chi connectivity index (χ0n) is 14.0. The Morgan fingerprint density at radius 1 is 1.25 bits per heavy atom. The number of anilines is 2. The first kappa shape index (κ1) is 16.5. The summed E-state index contributed by atoms with van der Waals surface area (Å²) in [6.07, 6.45) is 3.58. The predicted octanol–water partition coefficient (Wildman–Crippen LogP) is 1.64. The highest BCUT2D eigenvalue weighted by atomic mass is 32.1. The lowest BCUT2D eigenvalue weighted by Gasteiger charge is -2.34. The molecule has 3 rings (SSSR count). The standard InChI is InChI=1S/C16H22N6OS/c1-20(2)14-13(4-3-5-17-14)12-19-15(23)21-7-9-22(10-8-21)16-18-6-11-24-16/h3-6,11H,7-10,12H2,1-2H3,(H,19,23). The topological polar surface area (TPSA) is 64.6 Å². The molecule has 2 amide bonds. The number of pyridine rings is 1. The minimum Gasteiger partial charge on any atom is -0.362 e. The number of carbonyl (C=O) groups excluding carboxylic acids is 1. The van der Waals surface area contributed by atoms with E-state index in [0.29, 0.717) is 19.6 Å². The van der Waals surface area contributed by atoms with Gasteiger partial charge < -0.3 is 20.0 Å². The van der Waals surface area contributed by atoms with Crippen LogP contribution in [0.25, 0.3) is 0 Å². The number of amides is 2. The van der Waals surface area contributed by atoms with E-state index in [1.54, 1.807) is 17.5 Å². The second-order valence-electron chi connectivity index (χ2n) is 5.83. The van der Waals surface area contributed by atoms with Crippen molar-refractivity contribution in [2.24, 2.45) is 0 Å². The van der Waals surface area contributed by atoms with Crippen LogP contribution >= 0.6 is 11.3 Å². The van der Waals surface area contributed by atoms with E-state index in [9.17, 15) is 4.79 Å². The van der Waals surface area contributed by atoms with Gasteiger partial charge in [-0.05, 0) is 6.07 Å². The number of thiazole rings is 1. The molecule has 1 aliphatic rings. The predicted molar refractivity (Wildman–Crippen MR) is 96.7 cm³/mol. The molecule has 0 atom stereocenters. The average molecular weight is 346 g/mol. The summed E-state index contributed by atoms with van der Waals surface area (Å²) in [4.78, 5) is 27.1. The van der Waals surface area contributed by atoms with E-state index in [1.165, 1.54) is 0 Å². The molecule has 1 aliphatic heterocycles. The monoisotopic (exact) mass is 346 g/mol. The van der Waals surface area contributed by atoms with Crippen LogP contribution in [-0.4, -0.2) is 61.2 Å². The number of urea groups is 1. The van der Waals surface area contributed by atoms with Crippen LogP contribution in [0.4, 0.5) is 15.7 Å². The van der Waals surface area contributed by atoms with Crippen LogP contribution in [0.1, 0.15) is 5.56 Å². The largest absolute Gasteiger partial charge is 0.362 e. The number of hydrogen-bond acceptors (Lipinski definition) is 6. The molecule has 3 heterocycles. The summed E-state index contributed by atoms with van der Waals surface area (Å²) < 4.78 is 0. The maximum atomic E-state index is 12.4. The van der Waals surface area contributed by atoms with Gasteiger partial charge in [-0.3, -0.25) is 0 Å². The smallest absolute Gasteiger partial charge is 0.317 e. The molecule has 0 unspecified atom stereocenters. The minimum atomic E-state index is -0.0256. The van der Waals surface area contributed by atoms with E-state index < -0.39 is 0 Å². The summed E-state index contributed by atoms with van der Waals surface area (Å²) >= 11 is 1.64. The molecule has 0 spiro atoms. The van der Waals surface area contributed by atoms with Crippen LogP contribution in [0.3, 0.4) is 0 Å². The molecule has 8 heteroatoms. The number of hydrogen-bond donors (Lipinski definition) is 1. The van der Waals surface area contributed by atoms with Gasteiger partial charge in [-0.2, -0.15) is 0 Å². The molecule has 1 saturated heterocycles. The third-order valence-corrected chi connectivity index (χ3v) is 4.81. The maximum absolute atomic E-state index is 12.4. The Hall–Kier alpha value is -2.35. The van der Waals surface area contributed by atoms with Crippen LogP contribution < -0.4 is 15.1 Å². The SMILES string of the molecule is CN(C)c1ncccc1CNC(=O)N1CCN(c2nccs2)CC1. The zero-order valence-corrected chi connectivity index (χ0v) is 14.8. The van der Waals surface area contributed by atoms with Gasteiger partial charge in [-0.15, -0.1) is 11.3 Å². The van der Waals surface area contributed by atoms with E-state index in [0.717, 1.165) is 29.6 Å². The van der Waals surface area contributed by atoms with Crippen molar-refractivity contribution in [2.45, 2.75) is 6.54 Å². The molecule has 0 bridgehead atoms. The molecule has 0 radical (unpaired) electrons. The Balaban J connectivity index is 1.52. The molecular weight excluding hydrogens is 324 g/mol. The van der Waals surface area contributed by atoms with Gasteiger partial charge >= 0.3 is 6.03 Å². The third kappa shape index (κ3) is 3.76. The molecular formula is C16H22N6OS. The quantitative estimate of drug-likeness (QED) is 0.912. The number of nitrogens with zero attached hydrogens (tertiary/aromatic N) is 5. The fourth-order valence-electron chi connectivity index (χ4n) is 2.73. The van der Waals surface area contributed by atoms with Gasteiger partial charge in [-0.25, -0.2) is 14.8 Å². The van der Waals surface area contributed by atoms with Crippen molar-refractivity contribution >= 4 is 28.3 Å². The van der Waals surface area contributed by atoms with Gasteiger partial charge in [0.2, 0.25) is 0 Å². The van der Waals surface area contributed by atoms with Crippen LogP contribution in [0.5, 0.6) is 0 Å². The highest BCUT2D eigenvalue weighted by Crippen LogP contribution is 2.19. The highest BCUT2D eigenvalue weighted by Gasteiger charge is 2.22. The van der Waals surface area contributed by atoms with E-state index >= 15 is 0 Å². The van der Waals surface area contributed by atoms with Gasteiger partial charge in [-0.1, -0.05) is 6.07 Å². The summed E-state index contributed by atoms with van der Waals surface area (Å²) in [5.74, 6) is 0.881. The van der Waals surface area contributed by atoms with Crippen LogP contribution in [0.2, 0.25) is 0 Å². The molecule has 24 heavy (non-hydrogen) atoms. The average Bonchev–Trinajstić information content (AvgIpc) is 3.14. The molecule has 2 aromatic rings. The van der Waals surface area contributed by atoms with Crippen LogP contribution in [-0.2, 0) is 6.54 Å². The second-order valence-corrected chi connectivity index (χ2v) is 6.70. The lowest BCUT2D eigenvalue weighted by molar-refractivity contribution is 0.194. The first-order valence-electron chi connectivity index (χ1n) is 7.93. The van der Waals surface area contributed by atoms with Crippen molar-refractivity contribution in [3.8, 4) is 0 Å². The summed E-state index contributed by atoms with van der Waals surface area (Å²) in [5.41, 5.74) is 1.01. The Labute approximate surface area is 145 Å². The molecule has 0 aromatic carbocycles. The highest BCUT2D eigenvalue weighted by molar-refractivity contribution is 7.13. The fourth-order valence-corrected chi connectivity index (χ4v) is 3.42. The number of carbonyl (C=O) groups is 1.